The fraction of sp³-hybridized carbons (Fsp3) is 0.529. The lowest BCUT2D eigenvalue weighted by Gasteiger charge is -2.38. The Bertz CT molecular complexity index is 654. The summed E-state index contributed by atoms with van der Waals surface area (Å²) in [6.07, 6.45) is 3.68. The number of aromatic nitrogens is 2. The lowest BCUT2D eigenvalue weighted by atomic mass is 9.73. The van der Waals surface area contributed by atoms with Crippen LogP contribution in [0, 0.1) is 5.41 Å². The van der Waals surface area contributed by atoms with Crippen molar-refractivity contribution in [2.24, 2.45) is 5.41 Å². The van der Waals surface area contributed by atoms with Crippen molar-refractivity contribution in [1.29, 1.82) is 0 Å². The Morgan fingerprint density at radius 1 is 1.48 bits per heavy atom. The quantitative estimate of drug-likeness (QED) is 0.735. The first-order chi connectivity index (χ1) is 11.1. The Balaban J connectivity index is 1.49. The summed E-state index contributed by atoms with van der Waals surface area (Å²) in [5, 5.41) is 13.9. The van der Waals surface area contributed by atoms with E-state index in [-0.39, 0.29) is 17.4 Å². The van der Waals surface area contributed by atoms with E-state index in [0.717, 1.165) is 41.9 Å². The van der Waals surface area contributed by atoms with Crippen molar-refractivity contribution in [2.45, 2.75) is 43.9 Å². The van der Waals surface area contributed by atoms with Gasteiger partial charge in [-0.15, -0.1) is 0 Å². The van der Waals surface area contributed by atoms with Gasteiger partial charge in [-0.1, -0.05) is 43.7 Å². The Morgan fingerprint density at radius 2 is 2.30 bits per heavy atom. The van der Waals surface area contributed by atoms with Gasteiger partial charge in [-0.3, -0.25) is 4.79 Å². The molecular formula is C17H23N3O2S. The number of thioether (sulfide) groups is 1. The molecule has 3 N–H and O–H groups in total. The molecule has 3 rings (SSSR count). The summed E-state index contributed by atoms with van der Waals surface area (Å²) < 4.78 is 0. The molecule has 0 aliphatic heterocycles. The fourth-order valence-corrected chi connectivity index (χ4v) is 3.79. The Kier molecular flexibility index (Phi) is 4.92. The van der Waals surface area contributed by atoms with Crippen molar-refractivity contribution < 1.29 is 9.90 Å². The number of carbonyl (C=O) groups is 1. The number of hydrogen-bond acceptors (Lipinski definition) is 4. The van der Waals surface area contributed by atoms with Crippen LogP contribution in [-0.4, -0.2) is 39.4 Å². The number of rotatable bonds is 5. The molecule has 1 amide bonds. The maximum atomic E-state index is 12.1. The van der Waals surface area contributed by atoms with Gasteiger partial charge in [-0.2, -0.15) is 0 Å². The molecule has 1 aliphatic rings. The molecule has 124 valence electrons. The molecule has 2 atom stereocenters. The number of hydrogen-bond donors (Lipinski definition) is 3. The van der Waals surface area contributed by atoms with E-state index in [1.54, 1.807) is 0 Å². The second-order valence-electron chi connectivity index (χ2n) is 6.54. The van der Waals surface area contributed by atoms with Crippen molar-refractivity contribution in [3.63, 3.8) is 0 Å². The molecule has 1 aromatic carbocycles. The molecule has 5 nitrogen and oxygen atoms in total. The first kappa shape index (κ1) is 16.3. The highest BCUT2D eigenvalue weighted by atomic mass is 32.2. The van der Waals surface area contributed by atoms with Crippen LogP contribution in [0.3, 0.4) is 0 Å². The molecule has 1 heterocycles. The first-order valence-corrected chi connectivity index (χ1v) is 9.08. The largest absolute Gasteiger partial charge is 0.392 e. The van der Waals surface area contributed by atoms with E-state index in [0.29, 0.717) is 12.3 Å². The molecule has 1 aromatic heterocycles. The van der Waals surface area contributed by atoms with E-state index < -0.39 is 0 Å². The number of fused-ring (bicyclic) bond motifs is 1. The Labute approximate surface area is 140 Å². The van der Waals surface area contributed by atoms with E-state index in [9.17, 15) is 9.90 Å². The van der Waals surface area contributed by atoms with Gasteiger partial charge in [0.05, 0.1) is 22.9 Å². The average molecular weight is 333 g/mol. The molecule has 2 unspecified atom stereocenters. The second-order valence-corrected chi connectivity index (χ2v) is 7.50. The van der Waals surface area contributed by atoms with E-state index in [1.165, 1.54) is 11.8 Å². The maximum absolute atomic E-state index is 12.1. The van der Waals surface area contributed by atoms with Crippen LogP contribution in [0.25, 0.3) is 11.0 Å². The highest BCUT2D eigenvalue weighted by Gasteiger charge is 2.35. The van der Waals surface area contributed by atoms with Gasteiger partial charge in [-0.05, 0) is 25.0 Å². The van der Waals surface area contributed by atoms with Gasteiger partial charge in [-0.25, -0.2) is 4.98 Å². The minimum atomic E-state index is -0.320. The maximum Gasteiger partial charge on any atom is 0.230 e. The third-order valence-corrected chi connectivity index (χ3v) is 5.55. The summed E-state index contributed by atoms with van der Waals surface area (Å²) >= 11 is 1.40. The number of H-pyrrole nitrogens is 1. The predicted octanol–water partition coefficient (Wildman–Crippen LogP) is 2.71. The van der Waals surface area contributed by atoms with E-state index in [2.05, 4.69) is 22.2 Å². The molecule has 1 saturated carbocycles. The number of aliphatic hydroxyl groups is 1. The van der Waals surface area contributed by atoms with Crippen LogP contribution in [0.1, 0.15) is 32.6 Å². The van der Waals surface area contributed by atoms with Crippen LogP contribution in [0.5, 0.6) is 0 Å². The van der Waals surface area contributed by atoms with Crippen molar-refractivity contribution in [3.05, 3.63) is 24.3 Å². The zero-order chi connectivity index (χ0) is 16.3. The highest BCUT2D eigenvalue weighted by molar-refractivity contribution is 7.99. The zero-order valence-corrected chi connectivity index (χ0v) is 14.2. The molecular weight excluding hydrogens is 310 g/mol. The number of para-hydroxylation sites is 2. The predicted molar refractivity (Wildman–Crippen MR) is 92.4 cm³/mol. The van der Waals surface area contributed by atoms with Crippen molar-refractivity contribution >= 4 is 28.7 Å². The Morgan fingerprint density at radius 3 is 3.09 bits per heavy atom. The minimum absolute atomic E-state index is 0.0190. The third kappa shape index (κ3) is 3.87. The number of nitrogens with one attached hydrogen (secondary N) is 2. The first-order valence-electron chi connectivity index (χ1n) is 8.09. The summed E-state index contributed by atoms with van der Waals surface area (Å²) in [5.41, 5.74) is 1.69. The minimum Gasteiger partial charge on any atom is -0.392 e. The molecule has 0 spiro atoms. The highest BCUT2D eigenvalue weighted by Crippen LogP contribution is 2.35. The van der Waals surface area contributed by atoms with Crippen molar-refractivity contribution in [3.8, 4) is 0 Å². The van der Waals surface area contributed by atoms with Gasteiger partial charge in [0.1, 0.15) is 0 Å². The smallest absolute Gasteiger partial charge is 0.230 e. The van der Waals surface area contributed by atoms with Crippen LogP contribution in [-0.2, 0) is 4.79 Å². The normalized spacial score (nSPS) is 24.7. The van der Waals surface area contributed by atoms with Gasteiger partial charge in [0.25, 0.3) is 0 Å². The summed E-state index contributed by atoms with van der Waals surface area (Å²) in [5.74, 6) is 0.306. The summed E-state index contributed by atoms with van der Waals surface area (Å²) in [6.45, 7) is 2.59. The summed E-state index contributed by atoms with van der Waals surface area (Å²) in [7, 11) is 0. The van der Waals surface area contributed by atoms with E-state index in [1.807, 2.05) is 24.3 Å². The lowest BCUT2D eigenvalue weighted by Crippen LogP contribution is -2.45. The fourth-order valence-electron chi connectivity index (χ4n) is 3.07. The topological polar surface area (TPSA) is 78.0 Å². The average Bonchev–Trinajstić information content (AvgIpc) is 2.97. The third-order valence-electron chi connectivity index (χ3n) is 4.68. The van der Waals surface area contributed by atoms with E-state index >= 15 is 0 Å². The Hall–Kier alpha value is -1.53. The SMILES string of the molecule is CC1(CNC(=O)CSc2nc3ccccc3[nH]2)CCCCC1O. The second kappa shape index (κ2) is 6.93. The van der Waals surface area contributed by atoms with Gasteiger partial charge >= 0.3 is 0 Å². The number of carbonyl (C=O) groups excluding carboxylic acids is 1. The number of imidazole rings is 1. The van der Waals surface area contributed by atoms with Crippen LogP contribution in [0.4, 0.5) is 0 Å². The molecule has 23 heavy (non-hydrogen) atoms. The van der Waals surface area contributed by atoms with Crippen LogP contribution in [0.2, 0.25) is 0 Å². The zero-order valence-electron chi connectivity index (χ0n) is 13.3. The van der Waals surface area contributed by atoms with Gasteiger partial charge in [0.2, 0.25) is 5.91 Å². The number of aliphatic hydroxyl groups excluding tert-OH is 1. The lowest BCUT2D eigenvalue weighted by molar-refractivity contribution is -0.119. The van der Waals surface area contributed by atoms with Gasteiger partial charge in [0, 0.05) is 12.0 Å². The molecule has 0 saturated heterocycles. The van der Waals surface area contributed by atoms with Crippen molar-refractivity contribution in [1.82, 2.24) is 15.3 Å². The number of nitrogens with zero attached hydrogens (tertiary/aromatic N) is 1. The molecule has 1 fully saturated rings. The standard InChI is InChI=1S/C17H23N3O2S/c1-17(9-5-4-8-14(17)21)11-18-15(22)10-23-16-19-12-6-2-3-7-13(12)20-16/h2-3,6-7,14,21H,4-5,8-11H2,1H3,(H,18,22)(H,19,20). The molecule has 2 aromatic rings. The van der Waals surface area contributed by atoms with Crippen LogP contribution in [0.15, 0.2) is 29.4 Å². The van der Waals surface area contributed by atoms with Crippen LogP contribution < -0.4 is 5.32 Å². The van der Waals surface area contributed by atoms with Gasteiger partial charge in [0.15, 0.2) is 5.16 Å². The summed E-state index contributed by atoms with van der Waals surface area (Å²) in [6, 6.07) is 7.82. The molecule has 6 heteroatoms. The number of benzene rings is 1. The molecule has 0 bridgehead atoms. The monoisotopic (exact) mass is 333 g/mol. The number of aromatic amines is 1. The van der Waals surface area contributed by atoms with Crippen molar-refractivity contribution in [2.75, 3.05) is 12.3 Å². The molecule has 1 aliphatic carbocycles. The number of amides is 1. The van der Waals surface area contributed by atoms with Gasteiger partial charge < -0.3 is 15.4 Å². The summed E-state index contributed by atoms with van der Waals surface area (Å²) in [4.78, 5) is 19.7. The molecule has 0 radical (unpaired) electrons. The van der Waals surface area contributed by atoms with E-state index in [4.69, 9.17) is 0 Å². The van der Waals surface area contributed by atoms with Crippen LogP contribution >= 0.6 is 11.8 Å².